The van der Waals surface area contributed by atoms with Crippen LogP contribution in [0.2, 0.25) is 0 Å². The number of hydrogen-bond acceptors (Lipinski definition) is 4. The lowest BCUT2D eigenvalue weighted by Crippen LogP contribution is -2.37. The van der Waals surface area contributed by atoms with E-state index in [1.165, 1.54) is 0 Å². The average molecular weight is 241 g/mol. The highest BCUT2D eigenvalue weighted by molar-refractivity contribution is 6.36. The van der Waals surface area contributed by atoms with Crippen molar-refractivity contribution < 1.29 is 23.3 Å². The summed E-state index contributed by atoms with van der Waals surface area (Å²) in [5.41, 5.74) is -1.32. The third kappa shape index (κ3) is 1.57. The fraction of sp³-hybridized carbons (Fsp3) is 0. The van der Waals surface area contributed by atoms with Gasteiger partial charge in [-0.3, -0.25) is 19.7 Å². The molecule has 0 aromatic heterocycles. The van der Waals surface area contributed by atoms with Crippen LogP contribution >= 0.6 is 0 Å². The van der Waals surface area contributed by atoms with Gasteiger partial charge in [-0.15, -0.1) is 0 Å². The van der Waals surface area contributed by atoms with Crippen molar-refractivity contribution in [2.24, 2.45) is 9.98 Å². The maximum absolute atomic E-state index is 13.2. The molecule has 86 valence electrons. The van der Waals surface area contributed by atoms with Crippen molar-refractivity contribution in [2.75, 3.05) is 0 Å². The van der Waals surface area contributed by atoms with Crippen LogP contribution in [-0.2, 0) is 9.59 Å². The standard InChI is InChI=1S/C8HF2N3O4/c9-2-1-3-5(6(4(2)10)13(16)17)12-8(15)7(14)11-3/h1H. The van der Waals surface area contributed by atoms with Crippen LogP contribution in [0.15, 0.2) is 16.1 Å². The summed E-state index contributed by atoms with van der Waals surface area (Å²) in [7, 11) is 0. The summed E-state index contributed by atoms with van der Waals surface area (Å²) in [6.45, 7) is 0. The average Bonchev–Trinajstić information content (AvgIpc) is 2.23. The van der Waals surface area contributed by atoms with Crippen LogP contribution < -0.4 is 10.7 Å². The first-order chi connectivity index (χ1) is 7.91. The molecule has 0 saturated carbocycles. The number of carbonyl (C=O) groups excluding carboxylic acids is 2. The molecule has 0 fully saturated rings. The Labute approximate surface area is 90.3 Å². The Balaban J connectivity index is 3.02. The van der Waals surface area contributed by atoms with E-state index in [0.717, 1.165) is 0 Å². The van der Waals surface area contributed by atoms with Gasteiger partial charge >= 0.3 is 17.5 Å². The fourth-order valence-electron chi connectivity index (χ4n) is 1.26. The molecule has 1 aliphatic heterocycles. The maximum atomic E-state index is 13.2. The number of nitro benzene ring substituents is 1. The van der Waals surface area contributed by atoms with E-state index in [2.05, 4.69) is 9.98 Å². The minimum absolute atomic E-state index is 0.464. The normalized spacial score (nSPS) is 13.8. The summed E-state index contributed by atoms with van der Waals surface area (Å²) in [4.78, 5) is 37.1. The first-order valence-electron chi connectivity index (χ1n) is 4.10. The maximum Gasteiger partial charge on any atom is 0.338 e. The predicted octanol–water partition coefficient (Wildman–Crippen LogP) is -0.821. The molecule has 2 rings (SSSR count). The molecule has 2 amide bonds. The number of halogens is 2. The zero-order valence-corrected chi connectivity index (χ0v) is 7.81. The van der Waals surface area contributed by atoms with Gasteiger partial charge in [-0.05, 0) is 0 Å². The molecular formula is C8HF2N3O4. The summed E-state index contributed by atoms with van der Waals surface area (Å²) in [6.07, 6.45) is 0. The van der Waals surface area contributed by atoms with Gasteiger partial charge in [0.25, 0.3) is 0 Å². The lowest BCUT2D eigenvalue weighted by atomic mass is 10.2. The lowest BCUT2D eigenvalue weighted by Gasteiger charge is -2.00. The molecule has 9 heteroatoms. The number of nitro groups is 1. The van der Waals surface area contributed by atoms with Gasteiger partial charge in [-0.25, -0.2) is 9.38 Å². The van der Waals surface area contributed by atoms with E-state index in [-0.39, 0.29) is 0 Å². The van der Waals surface area contributed by atoms with E-state index in [0.29, 0.717) is 6.07 Å². The van der Waals surface area contributed by atoms with Gasteiger partial charge in [0.15, 0.2) is 11.2 Å². The molecule has 1 aromatic rings. The molecule has 0 bridgehead atoms. The highest BCUT2D eigenvalue weighted by atomic mass is 19.2. The summed E-state index contributed by atoms with van der Waals surface area (Å²) in [6, 6.07) is 0.464. The van der Waals surface area contributed by atoms with E-state index >= 15 is 0 Å². The van der Waals surface area contributed by atoms with E-state index in [1.807, 2.05) is 0 Å². The zero-order chi connectivity index (χ0) is 12.7. The van der Waals surface area contributed by atoms with E-state index in [1.54, 1.807) is 0 Å². The molecule has 0 unspecified atom stereocenters. The van der Waals surface area contributed by atoms with Crippen LogP contribution in [0.4, 0.5) is 14.5 Å². The quantitative estimate of drug-likeness (QED) is 0.364. The third-order valence-corrected chi connectivity index (χ3v) is 1.95. The molecule has 0 radical (unpaired) electrons. The zero-order valence-electron chi connectivity index (χ0n) is 7.81. The van der Waals surface area contributed by atoms with Gasteiger partial charge in [-0.2, -0.15) is 9.38 Å². The third-order valence-electron chi connectivity index (χ3n) is 1.95. The van der Waals surface area contributed by atoms with Crippen LogP contribution in [0.5, 0.6) is 0 Å². The van der Waals surface area contributed by atoms with Crippen molar-refractivity contribution in [3.8, 4) is 0 Å². The molecular weight excluding hydrogens is 240 g/mol. The van der Waals surface area contributed by atoms with Crippen LogP contribution in [-0.4, -0.2) is 16.7 Å². The van der Waals surface area contributed by atoms with Gasteiger partial charge in [-0.1, -0.05) is 0 Å². The topological polar surface area (TPSA) is 102 Å². The Kier molecular flexibility index (Phi) is 2.23. The van der Waals surface area contributed by atoms with Crippen LogP contribution in [0, 0.1) is 21.7 Å². The monoisotopic (exact) mass is 241 g/mol. The molecule has 1 heterocycles. The number of rotatable bonds is 1. The number of amides is 2. The van der Waals surface area contributed by atoms with Crippen LogP contribution in [0.1, 0.15) is 0 Å². The minimum atomic E-state index is -1.75. The minimum Gasteiger partial charge on any atom is -0.261 e. The Bertz CT molecular complexity index is 698. The number of fused-ring (bicyclic) bond motifs is 1. The first kappa shape index (κ1) is 10.9. The molecule has 1 aliphatic rings. The van der Waals surface area contributed by atoms with Gasteiger partial charge in [0, 0.05) is 6.07 Å². The van der Waals surface area contributed by atoms with Crippen molar-refractivity contribution in [1.29, 1.82) is 0 Å². The van der Waals surface area contributed by atoms with E-state index < -0.39 is 44.8 Å². The Hall–Kier alpha value is -2.58. The van der Waals surface area contributed by atoms with Crippen molar-refractivity contribution in [1.82, 2.24) is 0 Å². The summed E-state index contributed by atoms with van der Waals surface area (Å²) >= 11 is 0. The molecule has 0 aliphatic carbocycles. The lowest BCUT2D eigenvalue weighted by molar-refractivity contribution is -0.389. The van der Waals surface area contributed by atoms with Crippen LogP contribution in [0.3, 0.4) is 0 Å². The van der Waals surface area contributed by atoms with Gasteiger partial charge in [0.05, 0.1) is 4.92 Å². The number of nitrogens with zero attached hydrogens (tertiary/aromatic N) is 3. The fourth-order valence-corrected chi connectivity index (χ4v) is 1.26. The summed E-state index contributed by atoms with van der Waals surface area (Å²) in [5, 5.41) is 9.24. The molecule has 17 heavy (non-hydrogen) atoms. The Morgan fingerprint density at radius 2 is 1.76 bits per heavy atom. The second-order valence-electron chi connectivity index (χ2n) is 2.98. The molecule has 1 aromatic carbocycles. The van der Waals surface area contributed by atoms with E-state index in [9.17, 15) is 28.5 Å². The smallest absolute Gasteiger partial charge is 0.261 e. The van der Waals surface area contributed by atoms with Gasteiger partial charge < -0.3 is 0 Å². The number of carbonyl (C=O) groups is 2. The van der Waals surface area contributed by atoms with Gasteiger partial charge in [0.1, 0.15) is 5.36 Å². The van der Waals surface area contributed by atoms with Crippen LogP contribution in [0.25, 0.3) is 0 Å². The largest absolute Gasteiger partial charge is 0.338 e. The van der Waals surface area contributed by atoms with Gasteiger partial charge in [0.2, 0.25) is 5.82 Å². The Morgan fingerprint density at radius 1 is 1.18 bits per heavy atom. The van der Waals surface area contributed by atoms with Crippen molar-refractivity contribution in [3.05, 3.63) is 38.5 Å². The van der Waals surface area contributed by atoms with Crippen molar-refractivity contribution in [3.63, 3.8) is 0 Å². The second kappa shape index (κ2) is 3.47. The molecule has 0 spiro atoms. The summed E-state index contributed by atoms with van der Waals surface area (Å²) in [5.74, 6) is -5.96. The first-order valence-corrected chi connectivity index (χ1v) is 4.10. The molecule has 0 saturated heterocycles. The number of hydrogen-bond donors (Lipinski definition) is 0. The number of benzene rings is 1. The highest BCUT2D eigenvalue weighted by Gasteiger charge is 2.27. The molecule has 7 nitrogen and oxygen atoms in total. The summed E-state index contributed by atoms with van der Waals surface area (Å²) < 4.78 is 26.1. The second-order valence-corrected chi connectivity index (χ2v) is 2.98. The van der Waals surface area contributed by atoms with Crippen molar-refractivity contribution in [2.45, 2.75) is 0 Å². The van der Waals surface area contributed by atoms with Crippen molar-refractivity contribution >= 4 is 17.5 Å². The Morgan fingerprint density at radius 3 is 2.35 bits per heavy atom. The highest BCUT2D eigenvalue weighted by Crippen LogP contribution is 2.13. The predicted molar refractivity (Wildman–Crippen MR) is 45.3 cm³/mol. The molecule has 0 N–H and O–H groups in total. The van der Waals surface area contributed by atoms with E-state index in [4.69, 9.17) is 0 Å². The molecule has 0 atom stereocenters. The SMILES string of the molecule is O=C1N=c2cc(F)c(F)c([N+](=O)[O-])c2=NC1=O.